The molecule has 8 heteroatoms. The topological polar surface area (TPSA) is 90.4 Å². The number of nitrogens with zero attached hydrogens (tertiary/aromatic N) is 3. The number of carbonyl (C=O) groups is 3. The summed E-state index contributed by atoms with van der Waals surface area (Å²) in [5.74, 6) is -0.951. The van der Waals surface area contributed by atoms with Crippen LogP contribution in [0.25, 0.3) is 11.1 Å². The Labute approximate surface area is 222 Å². The predicted molar refractivity (Wildman–Crippen MR) is 143 cm³/mol. The van der Waals surface area contributed by atoms with Crippen molar-refractivity contribution in [1.29, 1.82) is 0 Å². The minimum absolute atomic E-state index is 0.0226. The number of urea groups is 1. The number of hydrogen-bond acceptors (Lipinski definition) is 4. The van der Waals surface area contributed by atoms with Crippen LogP contribution in [0.1, 0.15) is 35.3 Å². The van der Waals surface area contributed by atoms with E-state index in [1.54, 1.807) is 29.2 Å². The highest BCUT2D eigenvalue weighted by molar-refractivity contribution is 5.88. The summed E-state index contributed by atoms with van der Waals surface area (Å²) in [6.07, 6.45) is -0.356. The lowest BCUT2D eigenvalue weighted by molar-refractivity contribution is 0.0680. The van der Waals surface area contributed by atoms with Crippen molar-refractivity contribution in [3.05, 3.63) is 95.6 Å². The quantitative estimate of drug-likeness (QED) is 0.499. The smallest absolute Gasteiger partial charge is 0.410 e. The van der Waals surface area contributed by atoms with Gasteiger partial charge < -0.3 is 24.5 Å². The molecule has 0 aromatic heterocycles. The highest BCUT2D eigenvalue weighted by atomic mass is 16.6. The Hall–Kier alpha value is -4.33. The van der Waals surface area contributed by atoms with Crippen LogP contribution < -0.4 is 0 Å². The van der Waals surface area contributed by atoms with Crippen molar-refractivity contribution < 1.29 is 24.2 Å². The Morgan fingerprint density at radius 2 is 1.53 bits per heavy atom. The van der Waals surface area contributed by atoms with E-state index < -0.39 is 11.5 Å². The molecule has 0 bridgehead atoms. The number of rotatable bonds is 6. The van der Waals surface area contributed by atoms with Crippen LogP contribution in [0.5, 0.6) is 0 Å². The lowest BCUT2D eigenvalue weighted by Gasteiger charge is -2.36. The summed E-state index contributed by atoms with van der Waals surface area (Å²) in [6, 6.07) is 24.2. The van der Waals surface area contributed by atoms with E-state index in [4.69, 9.17) is 9.84 Å². The maximum atomic E-state index is 13.4. The molecule has 196 valence electrons. The Morgan fingerprint density at radius 3 is 2.16 bits per heavy atom. The SMILES string of the molecule is CC(C)(c1ccc(-c2ccc(C(=O)O)cc2)cc1)N1C[C@@H]2CN(C(=O)OCc3ccccc3)CCN2C1=O. The van der Waals surface area contributed by atoms with Crippen molar-refractivity contribution >= 4 is 18.1 Å². The van der Waals surface area contributed by atoms with Gasteiger partial charge in [-0.05, 0) is 48.2 Å². The fourth-order valence-electron chi connectivity index (χ4n) is 5.18. The van der Waals surface area contributed by atoms with Crippen molar-refractivity contribution in [2.24, 2.45) is 0 Å². The van der Waals surface area contributed by atoms with Gasteiger partial charge in [-0.3, -0.25) is 0 Å². The molecule has 5 rings (SSSR count). The molecule has 3 aromatic carbocycles. The van der Waals surface area contributed by atoms with E-state index in [1.165, 1.54) is 0 Å². The first-order chi connectivity index (χ1) is 18.2. The molecule has 1 N–H and O–H groups in total. The zero-order valence-electron chi connectivity index (χ0n) is 21.5. The minimum Gasteiger partial charge on any atom is -0.478 e. The number of hydrogen-bond donors (Lipinski definition) is 1. The first-order valence-electron chi connectivity index (χ1n) is 12.7. The molecular weight excluding hydrogens is 482 g/mol. The molecule has 0 radical (unpaired) electrons. The number of aromatic carboxylic acids is 1. The van der Waals surface area contributed by atoms with Gasteiger partial charge in [0, 0.05) is 26.2 Å². The van der Waals surface area contributed by atoms with Gasteiger partial charge in [0.05, 0.1) is 17.1 Å². The Balaban J connectivity index is 1.24. The Bertz CT molecular complexity index is 1320. The summed E-state index contributed by atoms with van der Waals surface area (Å²) >= 11 is 0. The molecule has 38 heavy (non-hydrogen) atoms. The standard InChI is InChI=1S/C30H31N3O5/c1-30(2,25-14-12-23(13-15-25)22-8-10-24(11-9-22)27(34)35)33-19-26-18-31(16-17-32(26)28(33)36)29(37)38-20-21-6-4-3-5-7-21/h3-15,26H,16-20H2,1-2H3,(H,34,35)/t26-/m0/s1. The molecule has 0 unspecified atom stereocenters. The molecule has 2 aliphatic heterocycles. The summed E-state index contributed by atoms with van der Waals surface area (Å²) < 4.78 is 5.51. The highest BCUT2D eigenvalue weighted by Gasteiger charge is 2.47. The largest absolute Gasteiger partial charge is 0.478 e. The van der Waals surface area contributed by atoms with Gasteiger partial charge in [-0.15, -0.1) is 0 Å². The van der Waals surface area contributed by atoms with Crippen LogP contribution in [-0.4, -0.2) is 70.1 Å². The third-order valence-electron chi connectivity index (χ3n) is 7.55. The minimum atomic E-state index is -0.951. The van der Waals surface area contributed by atoms with Crippen LogP contribution in [0.3, 0.4) is 0 Å². The van der Waals surface area contributed by atoms with Crippen LogP contribution in [-0.2, 0) is 16.9 Å². The maximum Gasteiger partial charge on any atom is 0.410 e. The van der Waals surface area contributed by atoms with Crippen LogP contribution in [0, 0.1) is 0 Å². The van der Waals surface area contributed by atoms with E-state index in [9.17, 15) is 14.4 Å². The molecule has 3 aromatic rings. The van der Waals surface area contributed by atoms with Crippen molar-refractivity contribution in [3.63, 3.8) is 0 Å². The molecule has 0 saturated carbocycles. The van der Waals surface area contributed by atoms with E-state index >= 15 is 0 Å². The monoisotopic (exact) mass is 513 g/mol. The highest BCUT2D eigenvalue weighted by Crippen LogP contribution is 2.35. The van der Waals surface area contributed by atoms with Crippen LogP contribution in [0.15, 0.2) is 78.9 Å². The number of carboxylic acids is 1. The molecule has 2 heterocycles. The average Bonchev–Trinajstić information content (AvgIpc) is 3.28. The van der Waals surface area contributed by atoms with Gasteiger partial charge >= 0.3 is 18.1 Å². The summed E-state index contributed by atoms with van der Waals surface area (Å²) in [5, 5.41) is 9.12. The Kier molecular flexibility index (Phi) is 6.80. The molecule has 3 amide bonds. The van der Waals surface area contributed by atoms with Gasteiger partial charge in [0.1, 0.15) is 6.61 Å². The Morgan fingerprint density at radius 1 is 0.895 bits per heavy atom. The average molecular weight is 514 g/mol. The fourth-order valence-corrected chi connectivity index (χ4v) is 5.18. The molecule has 8 nitrogen and oxygen atoms in total. The van der Waals surface area contributed by atoms with Crippen molar-refractivity contribution in [2.75, 3.05) is 26.2 Å². The van der Waals surface area contributed by atoms with E-state index in [2.05, 4.69) is 0 Å². The van der Waals surface area contributed by atoms with Crippen LogP contribution in [0.2, 0.25) is 0 Å². The maximum absolute atomic E-state index is 13.4. The summed E-state index contributed by atoms with van der Waals surface area (Å²) in [7, 11) is 0. The van der Waals surface area contributed by atoms with E-state index in [0.717, 1.165) is 22.3 Å². The number of fused-ring (bicyclic) bond motifs is 1. The zero-order valence-corrected chi connectivity index (χ0v) is 21.5. The lowest BCUT2D eigenvalue weighted by Crippen LogP contribution is -2.53. The first-order valence-corrected chi connectivity index (χ1v) is 12.7. The van der Waals surface area contributed by atoms with E-state index in [1.807, 2.05) is 78.2 Å². The molecule has 2 saturated heterocycles. The van der Waals surface area contributed by atoms with Gasteiger partial charge in [0.2, 0.25) is 0 Å². The molecule has 2 fully saturated rings. The number of carboxylic acid groups (broad SMARTS) is 1. The molecular formula is C30H31N3O5. The van der Waals surface area contributed by atoms with Gasteiger partial charge in [0.25, 0.3) is 0 Å². The second kappa shape index (κ2) is 10.2. The fraction of sp³-hybridized carbons (Fsp3) is 0.300. The lowest BCUT2D eigenvalue weighted by atomic mass is 9.90. The third kappa shape index (κ3) is 4.94. The number of benzene rings is 3. The number of amides is 3. The van der Waals surface area contributed by atoms with Crippen molar-refractivity contribution in [1.82, 2.24) is 14.7 Å². The van der Waals surface area contributed by atoms with Gasteiger partial charge in [-0.1, -0.05) is 66.7 Å². The zero-order chi connectivity index (χ0) is 26.9. The number of ether oxygens (including phenoxy) is 1. The first kappa shape index (κ1) is 25.3. The number of carbonyl (C=O) groups excluding carboxylic acids is 2. The molecule has 1 atom stereocenters. The van der Waals surface area contributed by atoms with Crippen molar-refractivity contribution in [2.45, 2.75) is 32.0 Å². The second-order valence-electron chi connectivity index (χ2n) is 10.2. The summed E-state index contributed by atoms with van der Waals surface area (Å²) in [6.45, 7) is 6.17. The molecule has 0 spiro atoms. The van der Waals surface area contributed by atoms with Crippen molar-refractivity contribution in [3.8, 4) is 11.1 Å². The molecule has 2 aliphatic rings. The normalized spacial score (nSPS) is 17.4. The summed E-state index contributed by atoms with van der Waals surface area (Å²) in [4.78, 5) is 42.7. The number of piperazine rings is 1. The predicted octanol–water partition coefficient (Wildman–Crippen LogP) is 5.05. The molecule has 0 aliphatic carbocycles. The van der Waals surface area contributed by atoms with Gasteiger partial charge in [-0.2, -0.15) is 0 Å². The van der Waals surface area contributed by atoms with Gasteiger partial charge in [-0.25, -0.2) is 14.4 Å². The van der Waals surface area contributed by atoms with Crippen LogP contribution >= 0.6 is 0 Å². The van der Waals surface area contributed by atoms with E-state index in [0.29, 0.717) is 26.2 Å². The van der Waals surface area contributed by atoms with E-state index in [-0.39, 0.29) is 30.3 Å². The van der Waals surface area contributed by atoms with Crippen LogP contribution in [0.4, 0.5) is 9.59 Å². The third-order valence-corrected chi connectivity index (χ3v) is 7.55. The summed E-state index contributed by atoms with van der Waals surface area (Å²) in [5.41, 5.74) is 3.52. The second-order valence-corrected chi connectivity index (χ2v) is 10.2. The van der Waals surface area contributed by atoms with Gasteiger partial charge in [0.15, 0.2) is 0 Å².